The van der Waals surface area contributed by atoms with Crippen LogP contribution in [0.25, 0.3) is 11.3 Å². The van der Waals surface area contributed by atoms with Gasteiger partial charge in [-0.25, -0.2) is 0 Å². The number of nitrogens with zero attached hydrogens (tertiary/aromatic N) is 4. The number of pyridine rings is 1. The van der Waals surface area contributed by atoms with E-state index in [0.717, 1.165) is 68.4 Å². The van der Waals surface area contributed by atoms with Gasteiger partial charge in [0, 0.05) is 41.1 Å². The van der Waals surface area contributed by atoms with Crippen molar-refractivity contribution in [1.82, 2.24) is 20.3 Å². The van der Waals surface area contributed by atoms with Gasteiger partial charge in [0.1, 0.15) is 17.1 Å². The van der Waals surface area contributed by atoms with E-state index >= 15 is 0 Å². The lowest BCUT2D eigenvalue weighted by atomic mass is 9.59. The highest BCUT2D eigenvalue weighted by molar-refractivity contribution is 6.38. The van der Waals surface area contributed by atoms with Gasteiger partial charge in [-0.05, 0) is 69.4 Å². The van der Waals surface area contributed by atoms with Crippen molar-refractivity contribution in [1.29, 1.82) is 0 Å². The molecular weight excluding hydrogens is 471 g/mol. The second-order valence-electron chi connectivity index (χ2n) is 9.74. The van der Waals surface area contributed by atoms with Crippen molar-refractivity contribution in [2.45, 2.75) is 69.5 Å². The smallest absolute Gasteiger partial charge is 0.145 e. The first-order valence-corrected chi connectivity index (χ1v) is 12.5. The molecule has 0 radical (unpaired) electrons. The molecule has 0 atom stereocenters. The number of halogens is 2. The summed E-state index contributed by atoms with van der Waals surface area (Å²) in [7, 11) is 0. The summed E-state index contributed by atoms with van der Waals surface area (Å²) >= 11 is 12.9. The monoisotopic (exact) mass is 494 g/mol. The minimum absolute atomic E-state index is 0.0578. The lowest BCUT2D eigenvalue weighted by Gasteiger charge is -2.51. The maximum atomic E-state index is 6.70. The van der Waals surface area contributed by atoms with Crippen LogP contribution in [0.3, 0.4) is 0 Å². The van der Waals surface area contributed by atoms with Gasteiger partial charge >= 0.3 is 0 Å². The molecule has 6 nitrogen and oxygen atoms in total. The molecule has 34 heavy (non-hydrogen) atoms. The number of rotatable bonds is 5. The minimum Gasteiger partial charge on any atom is -0.370 e. The number of hydrogen-bond acceptors (Lipinski definition) is 6. The van der Waals surface area contributed by atoms with E-state index in [-0.39, 0.29) is 11.0 Å². The fraction of sp³-hybridized carbons (Fsp3) is 0.462. The quantitative estimate of drug-likeness (QED) is 0.383. The molecule has 3 heterocycles. The Labute approximate surface area is 208 Å². The van der Waals surface area contributed by atoms with E-state index in [2.05, 4.69) is 32.2 Å². The molecule has 4 aliphatic rings. The van der Waals surface area contributed by atoms with E-state index in [1.807, 2.05) is 12.1 Å². The highest BCUT2D eigenvalue weighted by Gasteiger charge is 2.49. The zero-order chi connectivity index (χ0) is 23.2. The van der Waals surface area contributed by atoms with Gasteiger partial charge in [0.15, 0.2) is 0 Å². The summed E-state index contributed by atoms with van der Waals surface area (Å²) < 4.78 is 12.5. The first-order chi connectivity index (χ1) is 16.6. The highest BCUT2D eigenvalue weighted by Crippen LogP contribution is 2.54. The molecule has 4 saturated carbocycles. The van der Waals surface area contributed by atoms with Gasteiger partial charge in [0.25, 0.3) is 0 Å². The second-order valence-corrected chi connectivity index (χ2v) is 10.6. The molecule has 0 saturated heterocycles. The molecule has 0 spiro atoms. The van der Waals surface area contributed by atoms with E-state index in [1.165, 1.54) is 0 Å². The first kappa shape index (κ1) is 22.0. The van der Waals surface area contributed by atoms with Crippen molar-refractivity contribution in [3.63, 3.8) is 0 Å². The van der Waals surface area contributed by atoms with Gasteiger partial charge in [-0.3, -0.25) is 4.98 Å². The van der Waals surface area contributed by atoms with Crippen LogP contribution in [0.15, 0.2) is 35.2 Å². The summed E-state index contributed by atoms with van der Waals surface area (Å²) in [5, 5.41) is 13.3. The summed E-state index contributed by atoms with van der Waals surface area (Å²) in [5.74, 6) is 8.09. The molecule has 0 N–H and O–H groups in total. The third kappa shape index (κ3) is 4.11. The first-order valence-electron chi connectivity index (χ1n) is 11.8. The summed E-state index contributed by atoms with van der Waals surface area (Å²) in [6, 6.07) is 3.78. The summed E-state index contributed by atoms with van der Waals surface area (Å²) in [6.07, 6.45) is 13.2. The zero-order valence-electron chi connectivity index (χ0n) is 18.7. The van der Waals surface area contributed by atoms with Crippen LogP contribution in [0.4, 0.5) is 0 Å². The van der Waals surface area contributed by atoms with Crippen LogP contribution in [-0.2, 0) is 11.3 Å². The van der Waals surface area contributed by atoms with Crippen LogP contribution in [-0.4, -0.2) is 25.9 Å². The largest absolute Gasteiger partial charge is 0.370 e. The Morgan fingerprint density at radius 1 is 1.06 bits per heavy atom. The van der Waals surface area contributed by atoms with Crippen LogP contribution >= 0.6 is 23.2 Å². The maximum absolute atomic E-state index is 6.70. The molecule has 7 rings (SSSR count). The normalized spacial score (nSPS) is 25.7. The summed E-state index contributed by atoms with van der Waals surface area (Å²) in [5.41, 5.74) is 2.97. The third-order valence-corrected chi connectivity index (χ3v) is 8.16. The lowest BCUT2D eigenvalue weighted by molar-refractivity contribution is -0.131. The summed E-state index contributed by atoms with van der Waals surface area (Å²) in [6.45, 7) is 0.442. The van der Waals surface area contributed by atoms with Crippen molar-refractivity contribution in [2.24, 2.45) is 5.41 Å². The van der Waals surface area contributed by atoms with Crippen LogP contribution in [0.1, 0.15) is 74.3 Å². The van der Waals surface area contributed by atoms with Crippen LogP contribution in [0.2, 0.25) is 10.0 Å². The van der Waals surface area contributed by atoms with E-state index in [9.17, 15) is 0 Å². The molecule has 0 aliphatic heterocycles. The van der Waals surface area contributed by atoms with Gasteiger partial charge in [0.05, 0.1) is 22.3 Å². The third-order valence-electron chi connectivity index (χ3n) is 7.59. The SMILES string of the molecule is Clc1cncc(Cl)c1-c1noc(C2CC2)c1COC12CCC(C#Cc3cccnn3)(CC1)CC2. The van der Waals surface area contributed by atoms with E-state index < -0.39 is 0 Å². The molecule has 4 fully saturated rings. The minimum atomic E-state index is -0.128. The average molecular weight is 495 g/mol. The predicted octanol–water partition coefficient (Wildman–Crippen LogP) is 6.37. The average Bonchev–Trinajstić information content (AvgIpc) is 3.64. The zero-order valence-corrected chi connectivity index (χ0v) is 20.2. The number of aromatic nitrogens is 4. The predicted molar refractivity (Wildman–Crippen MR) is 128 cm³/mol. The molecule has 4 aliphatic carbocycles. The standard InChI is InChI=1S/C26H24Cl2N4O2/c27-20-14-29-15-21(28)22(20)23-19(24(34-32-23)17-3-4-17)16-33-26-10-7-25(8-11-26,9-12-26)6-5-18-2-1-13-30-31-18/h1-2,13-15,17H,3-4,7-12,16H2. The fourth-order valence-corrected chi connectivity index (χ4v) is 5.85. The number of fused-ring (bicyclic) bond motifs is 3. The van der Waals surface area contributed by atoms with Crippen LogP contribution in [0.5, 0.6) is 0 Å². The van der Waals surface area contributed by atoms with Crippen LogP contribution in [0, 0.1) is 17.3 Å². The molecule has 0 amide bonds. The Kier molecular flexibility index (Phi) is 5.60. The molecular formula is C26H24Cl2N4O2. The summed E-state index contributed by atoms with van der Waals surface area (Å²) in [4.78, 5) is 4.07. The van der Waals surface area contributed by atoms with Crippen molar-refractivity contribution >= 4 is 23.2 Å². The highest BCUT2D eigenvalue weighted by atomic mass is 35.5. The van der Waals surface area contributed by atoms with Gasteiger partial charge in [-0.15, -0.1) is 5.10 Å². The molecule has 0 unspecified atom stereocenters. The van der Waals surface area contributed by atoms with Gasteiger partial charge in [-0.2, -0.15) is 5.10 Å². The Morgan fingerprint density at radius 3 is 2.44 bits per heavy atom. The molecule has 3 aromatic heterocycles. The number of ether oxygens (including phenoxy) is 1. The van der Waals surface area contributed by atoms with E-state index in [4.69, 9.17) is 32.5 Å². The molecule has 2 bridgehead atoms. The Hall–Kier alpha value is -2.46. The molecule has 174 valence electrons. The topological polar surface area (TPSA) is 73.9 Å². The molecule has 0 aromatic carbocycles. The second kappa shape index (κ2) is 8.64. The van der Waals surface area contributed by atoms with Crippen LogP contribution < -0.4 is 0 Å². The maximum Gasteiger partial charge on any atom is 0.145 e. The molecule has 8 heteroatoms. The van der Waals surface area contributed by atoms with Crippen molar-refractivity contribution < 1.29 is 9.26 Å². The fourth-order valence-electron chi connectivity index (χ4n) is 5.31. The van der Waals surface area contributed by atoms with Gasteiger partial charge < -0.3 is 9.26 Å². The van der Waals surface area contributed by atoms with Crippen molar-refractivity contribution in [3.8, 4) is 23.1 Å². The van der Waals surface area contributed by atoms with Crippen molar-refractivity contribution in [2.75, 3.05) is 0 Å². The Bertz CT molecular complexity index is 1230. The molecule has 3 aromatic rings. The van der Waals surface area contributed by atoms with Gasteiger partial charge in [-0.1, -0.05) is 34.3 Å². The van der Waals surface area contributed by atoms with Gasteiger partial charge in [0.2, 0.25) is 0 Å². The Balaban J connectivity index is 1.21. The van der Waals surface area contributed by atoms with Crippen molar-refractivity contribution in [3.05, 3.63) is 57.8 Å². The number of hydrogen-bond donors (Lipinski definition) is 0. The Morgan fingerprint density at radius 2 is 1.79 bits per heavy atom. The lowest BCUT2D eigenvalue weighted by Crippen LogP contribution is -2.47. The van der Waals surface area contributed by atoms with E-state index in [0.29, 0.717) is 33.8 Å². The van der Waals surface area contributed by atoms with E-state index in [1.54, 1.807) is 18.6 Å².